The van der Waals surface area contributed by atoms with Gasteiger partial charge in [0.05, 0.1) is 22.2 Å². The minimum absolute atomic E-state index is 0.236. The second-order valence-electron chi connectivity index (χ2n) is 2.72. The van der Waals surface area contributed by atoms with Crippen molar-refractivity contribution in [2.75, 3.05) is 0 Å². The van der Waals surface area contributed by atoms with E-state index in [-0.39, 0.29) is 4.83 Å². The van der Waals surface area contributed by atoms with E-state index in [1.807, 2.05) is 18.2 Å². The van der Waals surface area contributed by atoms with Gasteiger partial charge in [-0.05, 0) is 17.7 Å². The summed E-state index contributed by atoms with van der Waals surface area (Å²) in [6.45, 7) is 0. The molecule has 1 aromatic heterocycles. The number of halogens is 1. The summed E-state index contributed by atoms with van der Waals surface area (Å²) in [7, 11) is 0. The van der Waals surface area contributed by atoms with Crippen molar-refractivity contribution in [2.45, 2.75) is 4.83 Å². The summed E-state index contributed by atoms with van der Waals surface area (Å²) in [6, 6.07) is 5.69. The highest BCUT2D eigenvalue weighted by molar-refractivity contribution is 9.09. The Hall–Kier alpha value is -1.16. The number of aldehydes is 1. The molecule has 0 radical (unpaired) electrons. The van der Waals surface area contributed by atoms with Crippen molar-refractivity contribution in [1.29, 1.82) is 0 Å². The molecular formula is C9H7BrN2O. The van der Waals surface area contributed by atoms with Crippen molar-refractivity contribution >= 4 is 33.2 Å². The smallest absolute Gasteiger partial charge is 0.138 e. The van der Waals surface area contributed by atoms with Crippen molar-refractivity contribution in [3.8, 4) is 0 Å². The van der Waals surface area contributed by atoms with Crippen LogP contribution in [0.4, 0.5) is 0 Å². The zero-order chi connectivity index (χ0) is 9.26. The highest BCUT2D eigenvalue weighted by atomic mass is 79.9. The summed E-state index contributed by atoms with van der Waals surface area (Å²) >= 11 is 3.26. The second-order valence-corrected chi connectivity index (χ2v) is 3.70. The number of hydrogen-bond acceptors (Lipinski definition) is 2. The highest BCUT2D eigenvalue weighted by Crippen LogP contribution is 2.22. The van der Waals surface area contributed by atoms with Crippen LogP contribution in [0.3, 0.4) is 0 Å². The molecule has 0 aliphatic carbocycles. The lowest BCUT2D eigenvalue weighted by Crippen LogP contribution is -1.89. The summed E-state index contributed by atoms with van der Waals surface area (Å²) in [5.41, 5.74) is 2.80. The van der Waals surface area contributed by atoms with Gasteiger partial charge >= 0.3 is 0 Å². The second kappa shape index (κ2) is 3.30. The summed E-state index contributed by atoms with van der Waals surface area (Å²) in [4.78, 5) is 17.3. The predicted octanol–water partition coefficient (Wildman–Crippen LogP) is 2.20. The van der Waals surface area contributed by atoms with Gasteiger partial charge in [0.15, 0.2) is 0 Å². The standard InChI is InChI=1S/C9H7BrN2O/c10-7(4-13)6-1-2-8-9(3-6)12-5-11-8/h1-5,7H,(H,11,12). The zero-order valence-corrected chi connectivity index (χ0v) is 8.28. The lowest BCUT2D eigenvalue weighted by atomic mass is 10.1. The Morgan fingerprint density at radius 2 is 2.38 bits per heavy atom. The third-order valence-electron chi connectivity index (χ3n) is 1.88. The van der Waals surface area contributed by atoms with Gasteiger partial charge in [0.1, 0.15) is 6.29 Å². The molecular weight excluding hydrogens is 232 g/mol. The molecule has 3 nitrogen and oxygen atoms in total. The number of hydrogen-bond donors (Lipinski definition) is 1. The molecule has 2 aromatic rings. The number of imidazole rings is 1. The average molecular weight is 239 g/mol. The molecule has 2 rings (SSSR count). The van der Waals surface area contributed by atoms with E-state index in [1.54, 1.807) is 6.33 Å². The molecule has 0 saturated heterocycles. The largest absolute Gasteiger partial charge is 0.345 e. The number of nitrogens with one attached hydrogen (secondary N) is 1. The molecule has 1 N–H and O–H groups in total. The van der Waals surface area contributed by atoms with Crippen LogP contribution in [0.1, 0.15) is 10.4 Å². The van der Waals surface area contributed by atoms with E-state index in [9.17, 15) is 4.79 Å². The Bertz CT molecular complexity index is 438. The summed E-state index contributed by atoms with van der Waals surface area (Å²) in [5.74, 6) is 0. The van der Waals surface area contributed by atoms with E-state index in [0.29, 0.717) is 0 Å². The molecule has 1 heterocycles. The number of carbonyl (C=O) groups excluding carboxylic acids is 1. The molecule has 1 unspecified atom stereocenters. The van der Waals surface area contributed by atoms with Gasteiger partial charge in [0.25, 0.3) is 0 Å². The Morgan fingerprint density at radius 3 is 3.15 bits per heavy atom. The van der Waals surface area contributed by atoms with Gasteiger partial charge in [0.2, 0.25) is 0 Å². The van der Waals surface area contributed by atoms with E-state index in [2.05, 4.69) is 25.9 Å². The van der Waals surface area contributed by atoms with E-state index in [0.717, 1.165) is 22.9 Å². The van der Waals surface area contributed by atoms with Gasteiger partial charge in [-0.15, -0.1) is 0 Å². The van der Waals surface area contributed by atoms with Gasteiger partial charge in [0, 0.05) is 0 Å². The van der Waals surface area contributed by atoms with Crippen molar-refractivity contribution in [1.82, 2.24) is 9.97 Å². The molecule has 0 fully saturated rings. The molecule has 0 amide bonds. The van der Waals surface area contributed by atoms with Crippen LogP contribution < -0.4 is 0 Å². The first-order valence-corrected chi connectivity index (χ1v) is 4.75. The minimum atomic E-state index is -0.236. The quantitative estimate of drug-likeness (QED) is 0.644. The number of carbonyl (C=O) groups is 1. The van der Waals surface area contributed by atoms with E-state index >= 15 is 0 Å². The monoisotopic (exact) mass is 238 g/mol. The first-order chi connectivity index (χ1) is 6.31. The molecule has 1 aromatic carbocycles. The van der Waals surface area contributed by atoms with Gasteiger partial charge < -0.3 is 9.78 Å². The van der Waals surface area contributed by atoms with Crippen LogP contribution in [0.15, 0.2) is 24.5 Å². The Balaban J connectivity index is 2.53. The van der Waals surface area contributed by atoms with Crippen molar-refractivity contribution in [3.63, 3.8) is 0 Å². The number of fused-ring (bicyclic) bond motifs is 1. The molecule has 0 saturated carbocycles. The number of H-pyrrole nitrogens is 1. The van der Waals surface area contributed by atoms with E-state index in [4.69, 9.17) is 0 Å². The fourth-order valence-corrected chi connectivity index (χ4v) is 1.49. The lowest BCUT2D eigenvalue weighted by Gasteiger charge is -2.00. The van der Waals surface area contributed by atoms with Crippen LogP contribution in [0.2, 0.25) is 0 Å². The number of rotatable bonds is 2. The third-order valence-corrected chi connectivity index (χ3v) is 2.63. The Kier molecular flexibility index (Phi) is 2.14. The zero-order valence-electron chi connectivity index (χ0n) is 6.70. The van der Waals surface area contributed by atoms with E-state index < -0.39 is 0 Å². The fourth-order valence-electron chi connectivity index (χ4n) is 1.20. The maximum atomic E-state index is 10.5. The molecule has 0 aliphatic rings. The van der Waals surface area contributed by atoms with Crippen LogP contribution in [-0.4, -0.2) is 16.3 Å². The Morgan fingerprint density at radius 1 is 1.54 bits per heavy atom. The lowest BCUT2D eigenvalue weighted by molar-refractivity contribution is -0.107. The van der Waals surface area contributed by atoms with Gasteiger partial charge in [-0.2, -0.15) is 0 Å². The number of aromatic nitrogens is 2. The molecule has 4 heteroatoms. The van der Waals surface area contributed by atoms with Crippen LogP contribution in [0.25, 0.3) is 11.0 Å². The number of aromatic amines is 1. The summed E-state index contributed by atoms with van der Waals surface area (Å²) in [6.07, 6.45) is 2.50. The molecule has 0 aliphatic heterocycles. The molecule has 13 heavy (non-hydrogen) atoms. The maximum Gasteiger partial charge on any atom is 0.138 e. The number of nitrogens with zero attached hydrogens (tertiary/aromatic N) is 1. The topological polar surface area (TPSA) is 45.8 Å². The van der Waals surface area contributed by atoms with Gasteiger partial charge in [-0.3, -0.25) is 0 Å². The molecule has 1 atom stereocenters. The summed E-state index contributed by atoms with van der Waals surface area (Å²) in [5, 5.41) is 0. The SMILES string of the molecule is O=CC(Br)c1ccc2nc[nH]c2c1. The van der Waals surface area contributed by atoms with Crippen LogP contribution in [-0.2, 0) is 4.79 Å². The first-order valence-electron chi connectivity index (χ1n) is 3.83. The average Bonchev–Trinajstić information content (AvgIpc) is 2.63. The Labute approximate surface area is 83.3 Å². The molecule has 66 valence electrons. The normalized spacial score (nSPS) is 13.0. The molecule has 0 spiro atoms. The summed E-state index contributed by atoms with van der Waals surface area (Å²) < 4.78 is 0. The first kappa shape index (κ1) is 8.44. The third kappa shape index (κ3) is 1.49. The fraction of sp³-hybridized carbons (Fsp3) is 0.111. The van der Waals surface area contributed by atoms with E-state index in [1.165, 1.54) is 0 Å². The van der Waals surface area contributed by atoms with Crippen LogP contribution in [0, 0.1) is 0 Å². The van der Waals surface area contributed by atoms with Crippen molar-refractivity contribution in [3.05, 3.63) is 30.1 Å². The number of benzene rings is 1. The molecule has 0 bridgehead atoms. The van der Waals surface area contributed by atoms with Crippen molar-refractivity contribution < 1.29 is 4.79 Å². The van der Waals surface area contributed by atoms with Crippen LogP contribution >= 0.6 is 15.9 Å². The van der Waals surface area contributed by atoms with Crippen molar-refractivity contribution in [2.24, 2.45) is 0 Å². The highest BCUT2D eigenvalue weighted by Gasteiger charge is 2.06. The van der Waals surface area contributed by atoms with Gasteiger partial charge in [-0.1, -0.05) is 22.0 Å². The minimum Gasteiger partial charge on any atom is -0.345 e. The van der Waals surface area contributed by atoms with Gasteiger partial charge in [-0.25, -0.2) is 4.98 Å². The predicted molar refractivity (Wildman–Crippen MR) is 53.8 cm³/mol. The maximum absolute atomic E-state index is 10.5. The van der Waals surface area contributed by atoms with Crippen LogP contribution in [0.5, 0.6) is 0 Å². The number of alkyl halides is 1.